The molecule has 0 radical (unpaired) electrons. The normalized spacial score (nSPS) is 15.7. The van der Waals surface area contributed by atoms with Crippen LogP contribution in [-0.4, -0.2) is 31.6 Å². The third kappa shape index (κ3) is 4.24. The minimum absolute atomic E-state index is 0.0635. The first-order valence-electron chi connectivity index (χ1n) is 8.69. The van der Waals surface area contributed by atoms with Crippen molar-refractivity contribution in [3.05, 3.63) is 52.5 Å². The van der Waals surface area contributed by atoms with Gasteiger partial charge in [-0.2, -0.15) is 0 Å². The molecule has 0 bridgehead atoms. The van der Waals surface area contributed by atoms with E-state index in [4.69, 9.17) is 9.47 Å². The maximum Gasteiger partial charge on any atom is 0.268 e. The molecule has 6 nitrogen and oxygen atoms in total. The zero-order chi connectivity index (χ0) is 19.4. The lowest BCUT2D eigenvalue weighted by molar-refractivity contribution is -0.129. The maximum atomic E-state index is 12.7. The van der Waals surface area contributed by atoms with Crippen LogP contribution in [0.2, 0.25) is 0 Å². The molecule has 0 fully saturated rings. The highest BCUT2D eigenvalue weighted by atomic mass is 79.9. The number of amides is 2. The van der Waals surface area contributed by atoms with Crippen LogP contribution in [0.5, 0.6) is 11.5 Å². The van der Waals surface area contributed by atoms with Gasteiger partial charge >= 0.3 is 0 Å². The molecule has 1 aliphatic heterocycles. The summed E-state index contributed by atoms with van der Waals surface area (Å²) in [5.41, 5.74) is 1.46. The maximum absolute atomic E-state index is 12.7. The number of hydrogen-bond donors (Lipinski definition) is 1. The number of nitrogens with one attached hydrogen (secondary N) is 1. The van der Waals surface area contributed by atoms with Gasteiger partial charge in [-0.1, -0.05) is 35.0 Å². The molecule has 0 aliphatic carbocycles. The molecule has 0 saturated heterocycles. The van der Waals surface area contributed by atoms with Gasteiger partial charge in [0, 0.05) is 16.6 Å². The molecule has 142 valence electrons. The summed E-state index contributed by atoms with van der Waals surface area (Å²) in [4.78, 5) is 26.7. The summed E-state index contributed by atoms with van der Waals surface area (Å²) < 4.78 is 12.0. The number of rotatable bonds is 6. The number of para-hydroxylation sites is 2. The fourth-order valence-corrected chi connectivity index (χ4v) is 3.38. The van der Waals surface area contributed by atoms with Crippen LogP contribution >= 0.6 is 15.9 Å². The van der Waals surface area contributed by atoms with E-state index < -0.39 is 6.10 Å². The monoisotopic (exact) mass is 432 g/mol. The zero-order valence-electron chi connectivity index (χ0n) is 15.2. The molecular weight excluding hydrogens is 412 g/mol. The summed E-state index contributed by atoms with van der Waals surface area (Å²) >= 11 is 3.42. The standard InChI is InChI=1S/C20H21BrN2O4/c1-3-16-20(25)23(15-6-4-5-7-18(15)27-16)12-19(24)22-11-13-10-14(21)8-9-17(13)26-2/h4-10,16H,3,11-12H2,1-2H3,(H,22,24)/t16-/m1/s1. The topological polar surface area (TPSA) is 67.9 Å². The van der Waals surface area contributed by atoms with Gasteiger partial charge in [0.1, 0.15) is 18.0 Å². The predicted octanol–water partition coefficient (Wildman–Crippen LogP) is 3.28. The van der Waals surface area contributed by atoms with Crippen molar-refractivity contribution >= 4 is 33.4 Å². The second kappa shape index (κ2) is 8.43. The van der Waals surface area contributed by atoms with Gasteiger partial charge in [0.05, 0.1) is 12.8 Å². The van der Waals surface area contributed by atoms with Gasteiger partial charge < -0.3 is 14.8 Å². The number of halogens is 1. The summed E-state index contributed by atoms with van der Waals surface area (Å²) in [5, 5.41) is 2.86. The van der Waals surface area contributed by atoms with Gasteiger partial charge in [-0.15, -0.1) is 0 Å². The molecule has 0 spiro atoms. The van der Waals surface area contributed by atoms with E-state index in [1.165, 1.54) is 4.90 Å². The fraction of sp³-hybridized carbons (Fsp3) is 0.300. The molecule has 1 N–H and O–H groups in total. The molecule has 27 heavy (non-hydrogen) atoms. The largest absolute Gasteiger partial charge is 0.496 e. The van der Waals surface area contributed by atoms with Crippen molar-refractivity contribution in [3.63, 3.8) is 0 Å². The Bertz CT molecular complexity index is 856. The molecule has 1 heterocycles. The second-order valence-electron chi connectivity index (χ2n) is 6.14. The molecule has 0 saturated carbocycles. The van der Waals surface area contributed by atoms with Crippen molar-refractivity contribution in [3.8, 4) is 11.5 Å². The quantitative estimate of drug-likeness (QED) is 0.760. The summed E-state index contributed by atoms with van der Waals surface area (Å²) in [6.45, 7) is 2.12. The van der Waals surface area contributed by atoms with Gasteiger partial charge in [-0.05, 0) is 36.8 Å². The third-order valence-electron chi connectivity index (χ3n) is 4.36. The molecule has 0 aromatic heterocycles. The van der Waals surface area contributed by atoms with Crippen LogP contribution in [0, 0.1) is 0 Å². The van der Waals surface area contributed by atoms with Crippen LogP contribution in [0.3, 0.4) is 0 Å². The van der Waals surface area contributed by atoms with E-state index in [9.17, 15) is 9.59 Å². The minimum atomic E-state index is -0.571. The Morgan fingerprint density at radius 3 is 2.81 bits per heavy atom. The van der Waals surface area contributed by atoms with Gasteiger partial charge in [-0.3, -0.25) is 14.5 Å². The Kier molecular flexibility index (Phi) is 6.01. The molecule has 1 aliphatic rings. The number of anilines is 1. The van der Waals surface area contributed by atoms with Crippen LogP contribution in [-0.2, 0) is 16.1 Å². The number of ether oxygens (including phenoxy) is 2. The average Bonchev–Trinajstić information content (AvgIpc) is 2.68. The summed E-state index contributed by atoms with van der Waals surface area (Å²) in [5.74, 6) is 0.853. The van der Waals surface area contributed by atoms with E-state index in [1.54, 1.807) is 13.2 Å². The second-order valence-corrected chi connectivity index (χ2v) is 7.06. The number of benzene rings is 2. The van der Waals surface area contributed by atoms with E-state index >= 15 is 0 Å². The lowest BCUT2D eigenvalue weighted by Gasteiger charge is -2.33. The molecule has 7 heteroatoms. The Hall–Kier alpha value is -2.54. The van der Waals surface area contributed by atoms with Crippen LogP contribution in [0.4, 0.5) is 5.69 Å². The van der Waals surface area contributed by atoms with Gasteiger partial charge in [0.2, 0.25) is 5.91 Å². The molecule has 2 aromatic carbocycles. The van der Waals surface area contributed by atoms with Crippen LogP contribution in [0.15, 0.2) is 46.9 Å². The number of nitrogens with zero attached hydrogens (tertiary/aromatic N) is 1. The molecular formula is C20H21BrN2O4. The molecule has 0 unspecified atom stereocenters. The van der Waals surface area contributed by atoms with Gasteiger partial charge in [-0.25, -0.2) is 0 Å². The van der Waals surface area contributed by atoms with E-state index in [0.717, 1.165) is 10.0 Å². The Morgan fingerprint density at radius 2 is 2.07 bits per heavy atom. The smallest absolute Gasteiger partial charge is 0.268 e. The first kappa shape index (κ1) is 19.2. The molecule has 1 atom stereocenters. The van der Waals surface area contributed by atoms with Crippen molar-refractivity contribution < 1.29 is 19.1 Å². The van der Waals surface area contributed by atoms with Crippen molar-refractivity contribution in [2.45, 2.75) is 26.0 Å². The number of carbonyl (C=O) groups excluding carboxylic acids is 2. The number of carbonyl (C=O) groups is 2. The lowest BCUT2D eigenvalue weighted by atomic mass is 10.1. The lowest BCUT2D eigenvalue weighted by Crippen LogP contribution is -2.49. The average molecular weight is 433 g/mol. The zero-order valence-corrected chi connectivity index (χ0v) is 16.8. The summed E-state index contributed by atoms with van der Waals surface area (Å²) in [6, 6.07) is 12.8. The van der Waals surface area contributed by atoms with Crippen LogP contribution in [0.25, 0.3) is 0 Å². The fourth-order valence-electron chi connectivity index (χ4n) is 2.98. The highest BCUT2D eigenvalue weighted by molar-refractivity contribution is 9.10. The highest BCUT2D eigenvalue weighted by Gasteiger charge is 2.34. The van der Waals surface area contributed by atoms with E-state index in [0.29, 0.717) is 30.2 Å². The number of fused-ring (bicyclic) bond motifs is 1. The molecule has 2 aromatic rings. The van der Waals surface area contributed by atoms with Gasteiger partial charge in [0.15, 0.2) is 6.10 Å². The van der Waals surface area contributed by atoms with Crippen LogP contribution in [0.1, 0.15) is 18.9 Å². The van der Waals surface area contributed by atoms with E-state index in [2.05, 4.69) is 21.2 Å². The van der Waals surface area contributed by atoms with E-state index in [1.807, 2.05) is 43.3 Å². The van der Waals surface area contributed by atoms with Crippen molar-refractivity contribution in [2.24, 2.45) is 0 Å². The Morgan fingerprint density at radius 1 is 1.30 bits per heavy atom. The number of methoxy groups -OCH3 is 1. The summed E-state index contributed by atoms with van der Waals surface area (Å²) in [7, 11) is 1.59. The highest BCUT2D eigenvalue weighted by Crippen LogP contribution is 2.34. The van der Waals surface area contributed by atoms with Crippen LogP contribution < -0.4 is 19.7 Å². The SMILES string of the molecule is CC[C@H]1Oc2ccccc2N(CC(=O)NCc2cc(Br)ccc2OC)C1=O. The van der Waals surface area contributed by atoms with Gasteiger partial charge in [0.25, 0.3) is 5.91 Å². The summed E-state index contributed by atoms with van der Waals surface area (Å²) in [6.07, 6.45) is -0.0292. The molecule has 3 rings (SSSR count). The third-order valence-corrected chi connectivity index (χ3v) is 4.85. The van der Waals surface area contributed by atoms with Crippen molar-refractivity contribution in [2.75, 3.05) is 18.6 Å². The van der Waals surface area contributed by atoms with Crippen molar-refractivity contribution in [1.82, 2.24) is 5.32 Å². The first-order valence-corrected chi connectivity index (χ1v) is 9.49. The minimum Gasteiger partial charge on any atom is -0.496 e. The Labute approximate surface area is 166 Å². The first-order chi connectivity index (χ1) is 13.0. The number of hydrogen-bond acceptors (Lipinski definition) is 4. The molecule has 2 amide bonds. The van der Waals surface area contributed by atoms with E-state index in [-0.39, 0.29) is 18.4 Å². The van der Waals surface area contributed by atoms with Crippen molar-refractivity contribution in [1.29, 1.82) is 0 Å². The predicted molar refractivity (Wildman–Crippen MR) is 106 cm³/mol. The Balaban J connectivity index is 1.72.